The largest absolute Gasteiger partial charge is 0.455 e. The second-order valence-corrected chi connectivity index (χ2v) is 8.54. The molecule has 156 valence electrons. The Morgan fingerprint density at radius 3 is 2.20 bits per heavy atom. The van der Waals surface area contributed by atoms with Gasteiger partial charge in [0.15, 0.2) is 12.4 Å². The van der Waals surface area contributed by atoms with Gasteiger partial charge in [-0.3, -0.25) is 14.4 Å². The first-order chi connectivity index (χ1) is 14.5. The second-order valence-electron chi connectivity index (χ2n) is 8.54. The van der Waals surface area contributed by atoms with Crippen molar-refractivity contribution in [1.29, 1.82) is 0 Å². The average Bonchev–Trinajstić information content (AvgIpc) is 3.36. The lowest BCUT2D eigenvalue weighted by atomic mass is 9.75. The highest BCUT2D eigenvalue weighted by Gasteiger charge is 2.54. The van der Waals surface area contributed by atoms with E-state index in [0.29, 0.717) is 5.56 Å². The van der Waals surface area contributed by atoms with Gasteiger partial charge in [-0.2, -0.15) is 0 Å². The summed E-state index contributed by atoms with van der Waals surface area (Å²) in [5.41, 5.74) is 3.30. The summed E-state index contributed by atoms with van der Waals surface area (Å²) in [5.74, 6) is -1.18. The number of benzene rings is 2. The van der Waals surface area contributed by atoms with Gasteiger partial charge in [-0.25, -0.2) is 0 Å². The molecule has 2 fully saturated rings. The highest BCUT2D eigenvalue weighted by Crippen LogP contribution is 2.53. The number of fused-ring (bicyclic) bond motifs is 2. The van der Waals surface area contributed by atoms with Crippen molar-refractivity contribution >= 4 is 23.3 Å². The van der Waals surface area contributed by atoms with Gasteiger partial charge in [-0.1, -0.05) is 48.5 Å². The lowest BCUT2D eigenvalue weighted by Gasteiger charge is -2.28. The molecule has 5 nitrogen and oxygen atoms in total. The number of carbonyl (C=O) groups is 3. The standard InChI is InChI=1S/C25H27NO4/c1-15-7-6-8-16(2)23(15)26-20(27)14-30-25(29)22-19-12-11-18(13-19)21(22)24(28)17-9-4-3-5-10-17/h3-10,18-19,21-22H,11-14H2,1-2H3,(H,26,27)/t18-,19-,21+,22+/m0/s1. The fourth-order valence-electron chi connectivity index (χ4n) is 5.22. The highest BCUT2D eigenvalue weighted by molar-refractivity contribution is 6.01. The number of anilines is 1. The first-order valence-corrected chi connectivity index (χ1v) is 10.6. The number of esters is 1. The summed E-state index contributed by atoms with van der Waals surface area (Å²) >= 11 is 0. The Morgan fingerprint density at radius 2 is 1.53 bits per heavy atom. The molecule has 5 heteroatoms. The molecular formula is C25H27NO4. The van der Waals surface area contributed by atoms with Crippen LogP contribution >= 0.6 is 0 Å². The number of rotatable bonds is 6. The molecule has 0 spiro atoms. The van der Waals surface area contributed by atoms with Crippen LogP contribution in [0.25, 0.3) is 0 Å². The van der Waals surface area contributed by atoms with Gasteiger partial charge in [0.05, 0.1) is 5.92 Å². The van der Waals surface area contributed by atoms with Crippen LogP contribution in [-0.2, 0) is 14.3 Å². The molecule has 2 aromatic rings. The minimum Gasteiger partial charge on any atom is -0.455 e. The van der Waals surface area contributed by atoms with Gasteiger partial charge in [-0.05, 0) is 56.1 Å². The van der Waals surface area contributed by atoms with Crippen LogP contribution in [0.5, 0.6) is 0 Å². The zero-order valence-electron chi connectivity index (χ0n) is 17.4. The van der Waals surface area contributed by atoms with Gasteiger partial charge in [0.25, 0.3) is 5.91 Å². The van der Waals surface area contributed by atoms with Crippen molar-refractivity contribution in [2.24, 2.45) is 23.7 Å². The van der Waals surface area contributed by atoms with Crippen molar-refractivity contribution in [3.63, 3.8) is 0 Å². The molecule has 4 atom stereocenters. The molecule has 0 radical (unpaired) electrons. The van der Waals surface area contributed by atoms with E-state index >= 15 is 0 Å². The SMILES string of the molecule is Cc1cccc(C)c1NC(=O)COC(=O)[C@@H]1[C@H]2CC[C@@H](C2)[C@H]1C(=O)c1ccccc1. The third-order valence-corrected chi connectivity index (χ3v) is 6.64. The van der Waals surface area contributed by atoms with Crippen molar-refractivity contribution < 1.29 is 19.1 Å². The maximum Gasteiger partial charge on any atom is 0.310 e. The number of ketones is 1. The van der Waals surface area contributed by atoms with Crippen LogP contribution in [0.2, 0.25) is 0 Å². The number of para-hydroxylation sites is 1. The Balaban J connectivity index is 1.42. The van der Waals surface area contributed by atoms with Crippen molar-refractivity contribution in [3.8, 4) is 0 Å². The average molecular weight is 405 g/mol. The molecule has 2 aliphatic carbocycles. The molecule has 4 rings (SSSR count). The van der Waals surface area contributed by atoms with E-state index in [0.717, 1.165) is 36.1 Å². The molecular weight excluding hydrogens is 378 g/mol. The van der Waals surface area contributed by atoms with Crippen LogP contribution in [0.3, 0.4) is 0 Å². The number of nitrogens with one attached hydrogen (secondary N) is 1. The molecule has 2 aliphatic rings. The van der Waals surface area contributed by atoms with E-state index in [1.807, 2.05) is 50.2 Å². The molecule has 2 saturated carbocycles. The molecule has 2 aromatic carbocycles. The molecule has 0 aliphatic heterocycles. The number of ether oxygens (including phenoxy) is 1. The Kier molecular flexibility index (Phi) is 5.71. The number of Topliss-reactive ketones (excluding diaryl/α,β-unsaturated/α-hetero) is 1. The fourth-order valence-corrected chi connectivity index (χ4v) is 5.22. The number of hydrogen-bond acceptors (Lipinski definition) is 4. The van der Waals surface area contributed by atoms with E-state index in [2.05, 4.69) is 5.32 Å². The summed E-state index contributed by atoms with van der Waals surface area (Å²) in [6, 6.07) is 14.9. The smallest absolute Gasteiger partial charge is 0.310 e. The number of amides is 1. The lowest BCUT2D eigenvalue weighted by molar-refractivity contribution is -0.154. The first-order valence-electron chi connectivity index (χ1n) is 10.6. The number of hydrogen-bond donors (Lipinski definition) is 1. The maximum atomic E-state index is 13.1. The van der Waals surface area contributed by atoms with Crippen molar-refractivity contribution in [1.82, 2.24) is 0 Å². The molecule has 0 unspecified atom stereocenters. The van der Waals surface area contributed by atoms with E-state index in [1.54, 1.807) is 12.1 Å². The molecule has 2 bridgehead atoms. The second kappa shape index (κ2) is 8.42. The van der Waals surface area contributed by atoms with Crippen LogP contribution in [0.4, 0.5) is 5.69 Å². The van der Waals surface area contributed by atoms with Crippen molar-refractivity contribution in [2.45, 2.75) is 33.1 Å². The van der Waals surface area contributed by atoms with Crippen LogP contribution in [0.15, 0.2) is 48.5 Å². The maximum absolute atomic E-state index is 13.1. The predicted molar refractivity (Wildman–Crippen MR) is 114 cm³/mol. The Morgan fingerprint density at radius 1 is 0.900 bits per heavy atom. The lowest BCUT2D eigenvalue weighted by Crippen LogP contribution is -2.37. The summed E-state index contributed by atoms with van der Waals surface area (Å²) in [6.07, 6.45) is 2.81. The van der Waals surface area contributed by atoms with Crippen molar-refractivity contribution in [3.05, 3.63) is 65.2 Å². The highest BCUT2D eigenvalue weighted by atomic mass is 16.5. The third-order valence-electron chi connectivity index (χ3n) is 6.64. The molecule has 1 amide bonds. The Labute approximate surface area is 176 Å². The number of carbonyl (C=O) groups excluding carboxylic acids is 3. The van der Waals surface area contributed by atoms with E-state index in [4.69, 9.17) is 4.74 Å². The molecule has 0 saturated heterocycles. The summed E-state index contributed by atoms with van der Waals surface area (Å²) in [6.45, 7) is 3.50. The van der Waals surface area contributed by atoms with Crippen LogP contribution in [0.1, 0.15) is 40.7 Å². The van der Waals surface area contributed by atoms with Gasteiger partial charge < -0.3 is 10.1 Å². The topological polar surface area (TPSA) is 72.5 Å². The van der Waals surface area contributed by atoms with Gasteiger partial charge in [0.2, 0.25) is 0 Å². The summed E-state index contributed by atoms with van der Waals surface area (Å²) in [5, 5.41) is 2.84. The minimum atomic E-state index is -0.454. The van der Waals surface area contributed by atoms with E-state index < -0.39 is 11.9 Å². The van der Waals surface area contributed by atoms with E-state index in [1.165, 1.54) is 0 Å². The van der Waals surface area contributed by atoms with Crippen LogP contribution in [0, 0.1) is 37.5 Å². The Bertz CT molecular complexity index is 948. The molecule has 30 heavy (non-hydrogen) atoms. The quantitative estimate of drug-likeness (QED) is 0.573. The normalized spacial score (nSPS) is 24.5. The van der Waals surface area contributed by atoms with Crippen LogP contribution in [-0.4, -0.2) is 24.3 Å². The van der Waals surface area contributed by atoms with Gasteiger partial charge >= 0.3 is 5.97 Å². The zero-order chi connectivity index (χ0) is 21.3. The van der Waals surface area contributed by atoms with Gasteiger partial charge in [0, 0.05) is 17.2 Å². The third kappa shape index (κ3) is 3.89. The summed E-state index contributed by atoms with van der Waals surface area (Å²) < 4.78 is 5.41. The summed E-state index contributed by atoms with van der Waals surface area (Å²) in [7, 11) is 0. The predicted octanol–water partition coefficient (Wildman–Crippen LogP) is 4.33. The number of aryl methyl sites for hydroxylation is 2. The molecule has 0 aromatic heterocycles. The molecule has 1 N–H and O–H groups in total. The van der Waals surface area contributed by atoms with Gasteiger partial charge in [0.1, 0.15) is 0 Å². The molecule has 0 heterocycles. The van der Waals surface area contributed by atoms with E-state index in [9.17, 15) is 14.4 Å². The van der Waals surface area contributed by atoms with Crippen LogP contribution < -0.4 is 5.32 Å². The minimum absolute atomic E-state index is 0.0183. The van der Waals surface area contributed by atoms with Crippen molar-refractivity contribution in [2.75, 3.05) is 11.9 Å². The van der Waals surface area contributed by atoms with E-state index in [-0.39, 0.29) is 36.1 Å². The first kappa shape index (κ1) is 20.3. The van der Waals surface area contributed by atoms with Gasteiger partial charge in [-0.15, -0.1) is 0 Å². The monoisotopic (exact) mass is 405 g/mol. The summed E-state index contributed by atoms with van der Waals surface area (Å²) in [4.78, 5) is 38.4. The Hall–Kier alpha value is -2.95. The fraction of sp³-hybridized carbons (Fsp3) is 0.400. The zero-order valence-corrected chi connectivity index (χ0v) is 17.4.